The minimum atomic E-state index is -2.96. The van der Waals surface area contributed by atoms with Gasteiger partial charge in [0.25, 0.3) is 6.43 Å². The minimum Gasteiger partial charge on any atom is -0.466 e. The van der Waals surface area contributed by atoms with E-state index in [1.54, 1.807) is 29.5 Å². The molecule has 0 aromatic carbocycles. The van der Waals surface area contributed by atoms with E-state index in [0.29, 0.717) is 0 Å². The van der Waals surface area contributed by atoms with Gasteiger partial charge in [0.2, 0.25) is 5.95 Å². The van der Waals surface area contributed by atoms with Crippen molar-refractivity contribution in [2.24, 2.45) is 0 Å². The number of pyridine rings is 1. The first-order valence-electron chi connectivity index (χ1n) is 4.74. The van der Waals surface area contributed by atoms with Gasteiger partial charge in [-0.15, -0.1) is 0 Å². The summed E-state index contributed by atoms with van der Waals surface area (Å²) in [5.41, 5.74) is -0.564. The fraction of sp³-hybridized carbons (Fsp3) is 0.400. The van der Waals surface area contributed by atoms with Crippen molar-refractivity contribution < 1.29 is 22.7 Å². The Morgan fingerprint density at radius 2 is 2.24 bits per heavy atom. The predicted molar refractivity (Wildman–Crippen MR) is 62.2 cm³/mol. The van der Waals surface area contributed by atoms with Crippen LogP contribution in [0.15, 0.2) is 6.07 Å². The molecular weight excluding hydrogens is 350 g/mol. The molecule has 0 spiro atoms. The Balaban J connectivity index is 2.99. The van der Waals surface area contributed by atoms with Gasteiger partial charge in [-0.3, -0.25) is 4.79 Å². The molecule has 0 N–H and O–H groups in total. The zero-order valence-corrected chi connectivity index (χ0v) is 11.0. The van der Waals surface area contributed by atoms with Gasteiger partial charge in [0.05, 0.1) is 18.6 Å². The lowest BCUT2D eigenvalue weighted by atomic mass is 10.1. The number of aromatic nitrogens is 1. The van der Waals surface area contributed by atoms with E-state index >= 15 is 0 Å². The summed E-state index contributed by atoms with van der Waals surface area (Å²) >= 11 is 1.68. The summed E-state index contributed by atoms with van der Waals surface area (Å²) in [6, 6.07) is 0.950. The van der Waals surface area contributed by atoms with Crippen LogP contribution in [-0.4, -0.2) is 17.6 Å². The first-order valence-corrected chi connectivity index (χ1v) is 5.82. The summed E-state index contributed by atoms with van der Waals surface area (Å²) < 4.78 is 42.8. The van der Waals surface area contributed by atoms with Crippen LogP contribution < -0.4 is 0 Å². The van der Waals surface area contributed by atoms with Crippen LogP contribution in [0.1, 0.15) is 24.5 Å². The zero-order chi connectivity index (χ0) is 13.0. The van der Waals surface area contributed by atoms with Crippen LogP contribution in [0.5, 0.6) is 0 Å². The molecule has 0 amide bonds. The van der Waals surface area contributed by atoms with Gasteiger partial charge >= 0.3 is 5.97 Å². The molecule has 17 heavy (non-hydrogen) atoms. The predicted octanol–water partition coefficient (Wildman–Crippen LogP) is 2.87. The number of carbonyl (C=O) groups excluding carboxylic acids is 1. The highest BCUT2D eigenvalue weighted by molar-refractivity contribution is 14.1. The van der Waals surface area contributed by atoms with Crippen molar-refractivity contribution >= 4 is 28.6 Å². The van der Waals surface area contributed by atoms with Crippen molar-refractivity contribution in [3.63, 3.8) is 0 Å². The Morgan fingerprint density at radius 3 is 2.76 bits per heavy atom. The van der Waals surface area contributed by atoms with Gasteiger partial charge in [0, 0.05) is 0 Å². The number of hydrogen-bond donors (Lipinski definition) is 0. The average molecular weight is 359 g/mol. The van der Waals surface area contributed by atoms with Crippen molar-refractivity contribution in [1.82, 2.24) is 4.98 Å². The SMILES string of the molecule is CCOC(=O)Cc1cc(C(F)F)c(F)nc1I. The second kappa shape index (κ2) is 6.18. The van der Waals surface area contributed by atoms with Crippen LogP contribution >= 0.6 is 22.6 Å². The Hall–Kier alpha value is -0.860. The van der Waals surface area contributed by atoms with Crippen LogP contribution in [0.3, 0.4) is 0 Å². The number of nitrogens with zero attached hydrogens (tertiary/aromatic N) is 1. The molecule has 0 fully saturated rings. The Labute approximate surface area is 110 Å². The lowest BCUT2D eigenvalue weighted by molar-refractivity contribution is -0.142. The third kappa shape index (κ3) is 3.83. The van der Waals surface area contributed by atoms with Crippen molar-refractivity contribution in [2.45, 2.75) is 19.8 Å². The van der Waals surface area contributed by atoms with Gasteiger partial charge in [0.15, 0.2) is 0 Å². The van der Waals surface area contributed by atoms with Crippen molar-refractivity contribution in [3.8, 4) is 0 Å². The van der Waals surface area contributed by atoms with Gasteiger partial charge in [-0.1, -0.05) is 0 Å². The highest BCUT2D eigenvalue weighted by Gasteiger charge is 2.19. The summed E-state index contributed by atoms with van der Waals surface area (Å²) in [7, 11) is 0. The standard InChI is InChI=1S/C10H9F3INO2/c1-2-17-7(16)4-5-3-6(8(11)12)9(13)15-10(5)14/h3,8H,2,4H2,1H3. The number of carbonyl (C=O) groups is 1. The molecule has 0 aliphatic heterocycles. The highest BCUT2D eigenvalue weighted by atomic mass is 127. The van der Waals surface area contributed by atoms with Gasteiger partial charge in [-0.2, -0.15) is 4.39 Å². The van der Waals surface area contributed by atoms with Crippen molar-refractivity contribution in [2.75, 3.05) is 6.61 Å². The second-order valence-electron chi connectivity index (χ2n) is 3.10. The molecule has 1 aromatic heterocycles. The third-order valence-corrected chi connectivity index (χ3v) is 2.84. The molecule has 0 unspecified atom stereocenters. The lowest BCUT2D eigenvalue weighted by Gasteiger charge is -2.07. The van der Waals surface area contributed by atoms with E-state index in [0.717, 1.165) is 6.07 Å². The zero-order valence-electron chi connectivity index (χ0n) is 8.84. The molecule has 0 aliphatic carbocycles. The molecule has 0 aliphatic rings. The average Bonchev–Trinajstić information content (AvgIpc) is 2.21. The molecule has 0 saturated heterocycles. The number of rotatable bonds is 4. The van der Waals surface area contributed by atoms with E-state index < -0.39 is 23.9 Å². The maximum absolute atomic E-state index is 13.1. The van der Waals surface area contributed by atoms with E-state index in [1.807, 2.05) is 0 Å². The molecule has 7 heteroatoms. The molecule has 1 heterocycles. The highest BCUT2D eigenvalue weighted by Crippen LogP contribution is 2.24. The van der Waals surface area contributed by atoms with E-state index in [4.69, 9.17) is 0 Å². The number of alkyl halides is 2. The monoisotopic (exact) mass is 359 g/mol. The normalized spacial score (nSPS) is 10.7. The van der Waals surface area contributed by atoms with Gasteiger partial charge in [0.1, 0.15) is 3.70 Å². The first kappa shape index (κ1) is 14.2. The van der Waals surface area contributed by atoms with Crippen molar-refractivity contribution in [3.05, 3.63) is 26.8 Å². The van der Waals surface area contributed by atoms with Crippen LogP contribution in [0.2, 0.25) is 0 Å². The number of halogens is 4. The van der Waals surface area contributed by atoms with Gasteiger partial charge < -0.3 is 4.74 Å². The van der Waals surface area contributed by atoms with Crippen LogP contribution in [0, 0.1) is 9.65 Å². The molecule has 3 nitrogen and oxygen atoms in total. The topological polar surface area (TPSA) is 39.2 Å². The Kier molecular flexibility index (Phi) is 5.16. The molecule has 0 radical (unpaired) electrons. The summed E-state index contributed by atoms with van der Waals surface area (Å²) in [6.07, 6.45) is -3.15. The van der Waals surface area contributed by atoms with Crippen LogP contribution in [0.25, 0.3) is 0 Å². The van der Waals surface area contributed by atoms with E-state index in [-0.39, 0.29) is 22.3 Å². The summed E-state index contributed by atoms with van der Waals surface area (Å²) in [4.78, 5) is 14.5. The van der Waals surface area contributed by atoms with E-state index in [9.17, 15) is 18.0 Å². The van der Waals surface area contributed by atoms with E-state index in [1.165, 1.54) is 0 Å². The second-order valence-corrected chi connectivity index (χ2v) is 4.12. The largest absolute Gasteiger partial charge is 0.466 e. The quantitative estimate of drug-likeness (QED) is 0.472. The van der Waals surface area contributed by atoms with Gasteiger partial charge in [-0.25, -0.2) is 13.8 Å². The van der Waals surface area contributed by atoms with Gasteiger partial charge in [-0.05, 0) is 41.1 Å². The molecule has 94 valence electrons. The number of ether oxygens (including phenoxy) is 1. The molecule has 1 aromatic rings. The molecule has 0 bridgehead atoms. The molecule has 0 saturated carbocycles. The number of hydrogen-bond acceptors (Lipinski definition) is 3. The molecule has 1 rings (SSSR count). The maximum atomic E-state index is 13.1. The third-order valence-electron chi connectivity index (χ3n) is 1.90. The Morgan fingerprint density at radius 1 is 1.59 bits per heavy atom. The fourth-order valence-electron chi connectivity index (χ4n) is 1.17. The summed E-state index contributed by atoms with van der Waals surface area (Å²) in [5.74, 6) is -1.77. The fourth-order valence-corrected chi connectivity index (χ4v) is 1.73. The lowest BCUT2D eigenvalue weighted by Crippen LogP contribution is -2.11. The summed E-state index contributed by atoms with van der Waals surface area (Å²) in [5, 5.41) is 0. The Bertz CT molecular complexity index is 426. The first-order chi connectivity index (χ1) is 7.95. The maximum Gasteiger partial charge on any atom is 0.310 e. The smallest absolute Gasteiger partial charge is 0.310 e. The van der Waals surface area contributed by atoms with E-state index in [2.05, 4.69) is 9.72 Å². The minimum absolute atomic E-state index is 0.178. The summed E-state index contributed by atoms with van der Waals surface area (Å²) in [6.45, 7) is 1.84. The van der Waals surface area contributed by atoms with Crippen LogP contribution in [0.4, 0.5) is 13.2 Å². The van der Waals surface area contributed by atoms with Crippen molar-refractivity contribution in [1.29, 1.82) is 0 Å². The number of esters is 1. The molecular formula is C10H9F3INO2. The molecule has 0 atom stereocenters. The van der Waals surface area contributed by atoms with Crippen LogP contribution in [-0.2, 0) is 16.0 Å².